The first-order valence-electron chi connectivity index (χ1n) is 4.48. The summed E-state index contributed by atoms with van der Waals surface area (Å²) < 4.78 is 5.03. The lowest BCUT2D eigenvalue weighted by atomic mass is 10.1. The van der Waals surface area contributed by atoms with E-state index in [9.17, 15) is 4.79 Å². The first-order chi connectivity index (χ1) is 6.22. The van der Waals surface area contributed by atoms with E-state index in [1.54, 1.807) is 27.7 Å². The fourth-order valence-electron chi connectivity index (χ4n) is 0.692. The van der Waals surface area contributed by atoms with Crippen molar-refractivity contribution in [3.05, 3.63) is 12.7 Å². The third-order valence-electron chi connectivity index (χ3n) is 1.57. The molecule has 1 atom stereocenters. The fraction of sp³-hybridized carbons (Fsp3) is 0.700. The number of amides is 1. The summed E-state index contributed by atoms with van der Waals surface area (Å²) in [5, 5.41) is 11.5. The molecule has 0 saturated heterocycles. The van der Waals surface area contributed by atoms with Crippen LogP contribution in [0, 0.1) is 0 Å². The number of alkyl carbamates (subject to hydrolysis) is 1. The average molecular weight is 201 g/mol. The van der Waals surface area contributed by atoms with Crippen LogP contribution in [0.3, 0.4) is 0 Å². The van der Waals surface area contributed by atoms with E-state index in [1.165, 1.54) is 6.08 Å². The Hall–Kier alpha value is -1.03. The van der Waals surface area contributed by atoms with Gasteiger partial charge >= 0.3 is 6.09 Å². The largest absolute Gasteiger partial charge is 0.444 e. The average Bonchev–Trinajstić information content (AvgIpc) is 2.00. The maximum absolute atomic E-state index is 11.3. The van der Waals surface area contributed by atoms with Crippen molar-refractivity contribution >= 4 is 6.09 Å². The van der Waals surface area contributed by atoms with Gasteiger partial charge in [0.2, 0.25) is 0 Å². The van der Waals surface area contributed by atoms with Crippen molar-refractivity contribution in [1.82, 2.24) is 5.32 Å². The smallest absolute Gasteiger partial charge is 0.408 e. The van der Waals surface area contributed by atoms with Crippen molar-refractivity contribution in [3.8, 4) is 0 Å². The molecule has 0 aromatic carbocycles. The maximum Gasteiger partial charge on any atom is 0.408 e. The van der Waals surface area contributed by atoms with Crippen LogP contribution in [0.1, 0.15) is 27.7 Å². The van der Waals surface area contributed by atoms with Crippen molar-refractivity contribution in [2.45, 2.75) is 38.8 Å². The Morgan fingerprint density at radius 2 is 2.00 bits per heavy atom. The summed E-state index contributed by atoms with van der Waals surface area (Å²) in [5.74, 6) is 0. The van der Waals surface area contributed by atoms with E-state index in [2.05, 4.69) is 11.9 Å². The number of nitrogens with one attached hydrogen (secondary N) is 1. The molecule has 4 nitrogen and oxygen atoms in total. The molecular formula is C10H19NO3. The van der Waals surface area contributed by atoms with Crippen LogP contribution in [0.4, 0.5) is 4.79 Å². The van der Waals surface area contributed by atoms with Crippen molar-refractivity contribution in [3.63, 3.8) is 0 Å². The van der Waals surface area contributed by atoms with E-state index in [4.69, 9.17) is 9.84 Å². The van der Waals surface area contributed by atoms with Crippen LogP contribution in [0.2, 0.25) is 0 Å². The molecule has 0 radical (unpaired) electrons. The van der Waals surface area contributed by atoms with Crippen molar-refractivity contribution in [2.75, 3.05) is 6.61 Å². The van der Waals surface area contributed by atoms with Crippen molar-refractivity contribution in [2.24, 2.45) is 0 Å². The van der Waals surface area contributed by atoms with Gasteiger partial charge < -0.3 is 15.2 Å². The molecule has 0 unspecified atom stereocenters. The molecule has 0 saturated carbocycles. The lowest BCUT2D eigenvalue weighted by Gasteiger charge is -2.27. The van der Waals surface area contributed by atoms with Gasteiger partial charge in [0, 0.05) is 0 Å². The van der Waals surface area contributed by atoms with Crippen molar-refractivity contribution in [1.29, 1.82) is 0 Å². The topological polar surface area (TPSA) is 58.6 Å². The first-order valence-corrected chi connectivity index (χ1v) is 4.48. The van der Waals surface area contributed by atoms with E-state index in [-0.39, 0.29) is 6.61 Å². The van der Waals surface area contributed by atoms with Crippen LogP contribution in [-0.4, -0.2) is 28.9 Å². The van der Waals surface area contributed by atoms with Gasteiger partial charge in [0.05, 0.1) is 12.1 Å². The summed E-state index contributed by atoms with van der Waals surface area (Å²) in [4.78, 5) is 11.3. The molecule has 0 aliphatic rings. The van der Waals surface area contributed by atoms with Gasteiger partial charge in [-0.1, -0.05) is 6.08 Å². The molecule has 0 heterocycles. The van der Waals surface area contributed by atoms with Gasteiger partial charge in [0.1, 0.15) is 5.60 Å². The highest BCUT2D eigenvalue weighted by molar-refractivity contribution is 5.69. The molecule has 0 aliphatic carbocycles. The molecule has 14 heavy (non-hydrogen) atoms. The lowest BCUT2D eigenvalue weighted by Crippen LogP contribution is -2.48. The van der Waals surface area contributed by atoms with Gasteiger partial charge in [-0.25, -0.2) is 4.79 Å². The normalized spacial score (nSPS) is 15.5. The molecule has 2 N–H and O–H groups in total. The van der Waals surface area contributed by atoms with Crippen LogP contribution in [-0.2, 0) is 4.74 Å². The Morgan fingerprint density at radius 3 is 2.29 bits per heavy atom. The molecule has 82 valence electrons. The highest BCUT2D eigenvalue weighted by Crippen LogP contribution is 2.09. The number of carbonyl (C=O) groups is 1. The van der Waals surface area contributed by atoms with E-state index in [0.717, 1.165) is 0 Å². The molecule has 0 fully saturated rings. The predicted molar refractivity (Wildman–Crippen MR) is 55.1 cm³/mol. The SMILES string of the molecule is C=C[C@@](C)(CO)NC(=O)OC(C)(C)C. The molecular weight excluding hydrogens is 182 g/mol. The van der Waals surface area contributed by atoms with Gasteiger partial charge in [-0.3, -0.25) is 0 Å². The van der Waals surface area contributed by atoms with Gasteiger partial charge in [0.15, 0.2) is 0 Å². The highest BCUT2D eigenvalue weighted by atomic mass is 16.6. The minimum atomic E-state index is -0.831. The quantitative estimate of drug-likeness (QED) is 0.679. The van der Waals surface area contributed by atoms with Crippen LogP contribution in [0.5, 0.6) is 0 Å². The summed E-state index contributed by atoms with van der Waals surface area (Å²) in [5.41, 5.74) is -1.37. The molecule has 0 aromatic heterocycles. The molecule has 4 heteroatoms. The zero-order valence-corrected chi connectivity index (χ0v) is 9.26. The second-order valence-electron chi connectivity index (χ2n) is 4.41. The van der Waals surface area contributed by atoms with Crippen molar-refractivity contribution < 1.29 is 14.6 Å². The summed E-state index contributed by atoms with van der Waals surface area (Å²) in [7, 11) is 0. The fourth-order valence-corrected chi connectivity index (χ4v) is 0.692. The standard InChI is InChI=1S/C10H19NO3/c1-6-10(5,7-12)11-8(13)14-9(2,3)4/h6,12H,1,7H2,2-5H3,(H,11,13)/t10-/m0/s1. The minimum Gasteiger partial charge on any atom is -0.444 e. The van der Waals surface area contributed by atoms with Crippen LogP contribution in [0.25, 0.3) is 0 Å². The predicted octanol–water partition coefficient (Wildman–Crippen LogP) is 1.45. The van der Waals surface area contributed by atoms with E-state index in [1.807, 2.05) is 0 Å². The number of carbonyl (C=O) groups excluding carboxylic acids is 1. The third kappa shape index (κ3) is 4.87. The summed E-state index contributed by atoms with van der Waals surface area (Å²) in [6.45, 7) is 10.3. The zero-order chi connectivity index (χ0) is 11.4. The summed E-state index contributed by atoms with van der Waals surface area (Å²) in [6, 6.07) is 0. The molecule has 0 aromatic rings. The molecule has 0 rings (SSSR count). The second-order valence-corrected chi connectivity index (χ2v) is 4.41. The Morgan fingerprint density at radius 1 is 1.50 bits per heavy atom. The lowest BCUT2D eigenvalue weighted by molar-refractivity contribution is 0.0452. The van der Waals surface area contributed by atoms with E-state index in [0.29, 0.717) is 0 Å². The molecule has 1 amide bonds. The number of aliphatic hydroxyl groups is 1. The third-order valence-corrected chi connectivity index (χ3v) is 1.57. The Bertz CT molecular complexity index is 220. The zero-order valence-electron chi connectivity index (χ0n) is 9.26. The van der Waals surface area contributed by atoms with Crippen LogP contribution < -0.4 is 5.32 Å². The van der Waals surface area contributed by atoms with Crippen LogP contribution >= 0.6 is 0 Å². The monoisotopic (exact) mass is 201 g/mol. The number of hydrogen-bond donors (Lipinski definition) is 2. The molecule has 0 spiro atoms. The number of rotatable bonds is 3. The summed E-state index contributed by atoms with van der Waals surface area (Å²) in [6.07, 6.45) is 0.908. The maximum atomic E-state index is 11.3. The number of hydrogen-bond acceptors (Lipinski definition) is 3. The van der Waals surface area contributed by atoms with E-state index >= 15 is 0 Å². The van der Waals surface area contributed by atoms with Gasteiger partial charge in [-0.15, -0.1) is 6.58 Å². The number of ether oxygens (including phenoxy) is 1. The first kappa shape index (κ1) is 13.0. The molecule has 0 bridgehead atoms. The van der Waals surface area contributed by atoms with Gasteiger partial charge in [-0.2, -0.15) is 0 Å². The van der Waals surface area contributed by atoms with Crippen LogP contribution in [0.15, 0.2) is 12.7 Å². The summed E-state index contributed by atoms with van der Waals surface area (Å²) >= 11 is 0. The van der Waals surface area contributed by atoms with Gasteiger partial charge in [-0.05, 0) is 27.7 Å². The van der Waals surface area contributed by atoms with Gasteiger partial charge in [0.25, 0.3) is 0 Å². The second kappa shape index (κ2) is 4.46. The Balaban J connectivity index is 4.25. The number of aliphatic hydroxyl groups excluding tert-OH is 1. The molecule has 0 aliphatic heterocycles. The Labute approximate surface area is 85.0 Å². The Kier molecular flexibility index (Phi) is 4.13. The minimum absolute atomic E-state index is 0.213. The highest BCUT2D eigenvalue weighted by Gasteiger charge is 2.25. The van der Waals surface area contributed by atoms with E-state index < -0.39 is 17.2 Å².